The number of ether oxygens (including phenoxy) is 4. The zero-order valence-electron chi connectivity index (χ0n) is 22.5. The van der Waals surface area contributed by atoms with E-state index in [1.807, 2.05) is 48.0 Å². The van der Waals surface area contributed by atoms with Crippen LogP contribution in [0.25, 0.3) is 10.9 Å². The lowest BCUT2D eigenvalue weighted by molar-refractivity contribution is -0.159. The molecule has 0 amide bonds. The van der Waals surface area contributed by atoms with E-state index in [-0.39, 0.29) is 12.6 Å². The number of aromatic nitrogens is 1. The fourth-order valence-corrected chi connectivity index (χ4v) is 4.24. The number of aryl methyl sites for hydroxylation is 1. The number of aliphatic carboxylic acids is 2. The second-order valence-electron chi connectivity index (χ2n) is 8.12. The molecule has 0 radical (unpaired) electrons. The monoisotopic (exact) mass is 608 g/mol. The maximum atomic E-state index is 13.3. The number of likely N-dealkylation sites (N-methyl/N-ethyl adjacent to an activating group) is 1. The lowest BCUT2D eigenvalue weighted by Crippen LogP contribution is -2.28. The Kier molecular flexibility index (Phi) is 12.1. The Morgan fingerprint density at radius 2 is 1.54 bits per heavy atom. The van der Waals surface area contributed by atoms with Gasteiger partial charge in [0.25, 0.3) is 0 Å². The van der Waals surface area contributed by atoms with Crippen molar-refractivity contribution in [2.75, 3.05) is 40.5 Å². The molecule has 39 heavy (non-hydrogen) atoms. The van der Waals surface area contributed by atoms with Crippen molar-refractivity contribution >= 4 is 44.7 Å². The Morgan fingerprint density at radius 1 is 0.949 bits per heavy atom. The molecule has 12 heteroatoms. The summed E-state index contributed by atoms with van der Waals surface area (Å²) in [6.45, 7) is 7.23. The summed E-state index contributed by atoms with van der Waals surface area (Å²) in [6, 6.07) is 11.1. The van der Waals surface area contributed by atoms with Crippen molar-refractivity contribution in [1.82, 2.24) is 9.47 Å². The molecule has 0 unspecified atom stereocenters. The van der Waals surface area contributed by atoms with Gasteiger partial charge >= 0.3 is 17.9 Å². The summed E-state index contributed by atoms with van der Waals surface area (Å²) in [6.07, 6.45) is 0. The number of methoxy groups -OCH3 is 2. The lowest BCUT2D eigenvalue weighted by Gasteiger charge is -2.17. The Hall–Kier alpha value is -3.77. The van der Waals surface area contributed by atoms with E-state index in [9.17, 15) is 4.79 Å². The van der Waals surface area contributed by atoms with Crippen LogP contribution in [0.5, 0.6) is 17.2 Å². The van der Waals surface area contributed by atoms with Crippen LogP contribution in [-0.2, 0) is 28.0 Å². The van der Waals surface area contributed by atoms with Gasteiger partial charge in [-0.2, -0.15) is 0 Å². The van der Waals surface area contributed by atoms with Crippen LogP contribution in [0, 0.1) is 0 Å². The second kappa shape index (κ2) is 15.0. The smallest absolute Gasteiger partial charge is 0.414 e. The summed E-state index contributed by atoms with van der Waals surface area (Å²) in [7, 11) is 5.14. The number of rotatable bonds is 11. The molecule has 3 rings (SSSR count). The first-order chi connectivity index (χ1) is 18.6. The molecule has 3 aromatic rings. The van der Waals surface area contributed by atoms with E-state index >= 15 is 0 Å². The van der Waals surface area contributed by atoms with Gasteiger partial charge in [-0.15, -0.1) is 0 Å². The number of hydrogen-bond donors (Lipinski definition) is 2. The highest BCUT2D eigenvalue weighted by molar-refractivity contribution is 9.10. The zero-order valence-corrected chi connectivity index (χ0v) is 24.1. The fraction of sp³-hybridized carbons (Fsp3) is 0.370. The Morgan fingerprint density at radius 3 is 2.05 bits per heavy atom. The largest absolute Gasteiger partial charge is 0.497 e. The normalized spacial score (nSPS) is 10.5. The van der Waals surface area contributed by atoms with Crippen molar-refractivity contribution in [2.45, 2.75) is 20.5 Å². The van der Waals surface area contributed by atoms with Gasteiger partial charge in [-0.1, -0.05) is 13.8 Å². The molecule has 0 aliphatic carbocycles. The molecule has 0 bridgehead atoms. The quantitative estimate of drug-likeness (QED) is 0.241. The Balaban J connectivity index is 0.000000798. The second-order valence-corrected chi connectivity index (χ2v) is 8.98. The Bertz CT molecular complexity index is 1270. The molecule has 1 aromatic heterocycles. The molecule has 2 N–H and O–H groups in total. The topological polar surface area (TPSA) is 137 Å². The number of nitrogens with zero attached hydrogens (tertiary/aromatic N) is 2. The van der Waals surface area contributed by atoms with Crippen LogP contribution in [0.2, 0.25) is 0 Å². The summed E-state index contributed by atoms with van der Waals surface area (Å²) in [5.41, 5.74) is 2.10. The van der Waals surface area contributed by atoms with Gasteiger partial charge < -0.3 is 38.6 Å². The SMILES string of the molecule is CCN(CC)CCOC(=O)c1c(COc2ccc(OC)cc2)n(C)c2cc(Br)c(OC)cc12.O=C(O)C(=O)O. The Labute approximate surface area is 234 Å². The number of halogens is 1. The van der Waals surface area contributed by atoms with Gasteiger partial charge in [0.05, 0.1) is 35.5 Å². The van der Waals surface area contributed by atoms with Crippen molar-refractivity contribution in [2.24, 2.45) is 7.05 Å². The summed E-state index contributed by atoms with van der Waals surface area (Å²) in [4.78, 5) is 33.7. The van der Waals surface area contributed by atoms with Crippen LogP contribution >= 0.6 is 15.9 Å². The van der Waals surface area contributed by atoms with Gasteiger partial charge in [-0.25, -0.2) is 14.4 Å². The van der Waals surface area contributed by atoms with E-state index in [1.165, 1.54) is 0 Å². The molecule has 0 spiro atoms. The first-order valence-corrected chi connectivity index (χ1v) is 12.8. The summed E-state index contributed by atoms with van der Waals surface area (Å²) < 4.78 is 25.2. The highest BCUT2D eigenvalue weighted by Gasteiger charge is 2.24. The average Bonchev–Trinajstić information content (AvgIpc) is 3.20. The van der Waals surface area contributed by atoms with Gasteiger partial charge in [0.15, 0.2) is 0 Å². The number of benzene rings is 2. The van der Waals surface area contributed by atoms with Crippen LogP contribution in [0.1, 0.15) is 29.9 Å². The number of esters is 1. The lowest BCUT2D eigenvalue weighted by atomic mass is 10.1. The molecular formula is C27H33BrN2O9. The zero-order chi connectivity index (χ0) is 29.1. The molecule has 0 fully saturated rings. The van der Waals surface area contributed by atoms with E-state index in [0.717, 1.165) is 39.9 Å². The van der Waals surface area contributed by atoms with E-state index < -0.39 is 11.9 Å². The number of hydrogen-bond acceptors (Lipinski definition) is 8. The van der Waals surface area contributed by atoms with E-state index in [1.54, 1.807) is 14.2 Å². The number of carbonyl (C=O) groups excluding carboxylic acids is 1. The predicted molar refractivity (Wildman–Crippen MR) is 148 cm³/mol. The number of fused-ring (bicyclic) bond motifs is 1. The third-order valence-electron chi connectivity index (χ3n) is 5.95. The van der Waals surface area contributed by atoms with Gasteiger partial charge in [0, 0.05) is 19.0 Å². The molecule has 0 aliphatic rings. The average molecular weight is 609 g/mol. The minimum Gasteiger partial charge on any atom is -0.497 e. The van der Waals surface area contributed by atoms with E-state index in [4.69, 9.17) is 38.7 Å². The van der Waals surface area contributed by atoms with Gasteiger partial charge in [0.1, 0.15) is 30.5 Å². The number of carboxylic acids is 2. The first-order valence-electron chi connectivity index (χ1n) is 12.0. The number of carbonyl (C=O) groups is 3. The molecule has 0 saturated carbocycles. The highest BCUT2D eigenvalue weighted by Crippen LogP contribution is 2.35. The maximum absolute atomic E-state index is 13.3. The van der Waals surface area contributed by atoms with Crippen molar-refractivity contribution in [3.05, 3.63) is 52.1 Å². The minimum atomic E-state index is -1.82. The van der Waals surface area contributed by atoms with Gasteiger partial charge in [-0.05, 0) is 65.4 Å². The third-order valence-corrected chi connectivity index (χ3v) is 6.57. The van der Waals surface area contributed by atoms with Crippen LogP contribution < -0.4 is 14.2 Å². The van der Waals surface area contributed by atoms with Crippen LogP contribution in [0.15, 0.2) is 40.9 Å². The van der Waals surface area contributed by atoms with Gasteiger partial charge in [0.2, 0.25) is 0 Å². The van der Waals surface area contributed by atoms with E-state index in [2.05, 4.69) is 34.7 Å². The molecular weight excluding hydrogens is 576 g/mol. The molecule has 1 heterocycles. The first kappa shape index (κ1) is 31.4. The number of carboxylic acid groups (broad SMARTS) is 2. The molecule has 212 valence electrons. The molecule has 0 saturated heterocycles. The van der Waals surface area contributed by atoms with Crippen molar-refractivity contribution in [3.63, 3.8) is 0 Å². The molecule has 0 atom stereocenters. The maximum Gasteiger partial charge on any atom is 0.414 e. The van der Waals surface area contributed by atoms with Gasteiger partial charge in [-0.3, -0.25) is 0 Å². The summed E-state index contributed by atoms with van der Waals surface area (Å²) >= 11 is 3.54. The van der Waals surface area contributed by atoms with Crippen LogP contribution in [-0.4, -0.2) is 78.0 Å². The fourth-order valence-electron chi connectivity index (χ4n) is 3.75. The summed E-state index contributed by atoms with van der Waals surface area (Å²) in [5, 5.41) is 15.5. The van der Waals surface area contributed by atoms with Crippen molar-refractivity contribution in [3.8, 4) is 17.2 Å². The molecule has 2 aromatic carbocycles. The standard InChI is InChI=1S/C25H31BrN2O5.C2H2O4/c1-6-28(7-2)12-13-32-25(29)24-19-14-23(31-5)20(26)15-21(19)27(3)22(24)16-33-18-10-8-17(30-4)9-11-18;3-1(4)2(5)6/h8-11,14-15H,6-7,12-13,16H2,1-5H3;(H,3,4)(H,5,6). The van der Waals surface area contributed by atoms with Crippen molar-refractivity contribution < 1.29 is 43.5 Å². The molecule has 0 aliphatic heterocycles. The van der Waals surface area contributed by atoms with E-state index in [0.29, 0.717) is 30.2 Å². The summed E-state index contributed by atoms with van der Waals surface area (Å²) in [5.74, 6) is -1.94. The highest BCUT2D eigenvalue weighted by atomic mass is 79.9. The van der Waals surface area contributed by atoms with Crippen LogP contribution in [0.4, 0.5) is 0 Å². The minimum absolute atomic E-state index is 0.206. The predicted octanol–water partition coefficient (Wildman–Crippen LogP) is 4.19. The van der Waals surface area contributed by atoms with Crippen molar-refractivity contribution in [1.29, 1.82) is 0 Å². The van der Waals surface area contributed by atoms with Crippen LogP contribution in [0.3, 0.4) is 0 Å². The molecule has 11 nitrogen and oxygen atoms in total. The third kappa shape index (κ3) is 8.36.